The van der Waals surface area contributed by atoms with Crippen LogP contribution in [0.2, 0.25) is 0 Å². The maximum absolute atomic E-state index is 11.2. The van der Waals surface area contributed by atoms with Crippen LogP contribution in [0.15, 0.2) is 24.3 Å². The van der Waals surface area contributed by atoms with Crippen molar-refractivity contribution in [3.63, 3.8) is 0 Å². The van der Waals surface area contributed by atoms with Crippen molar-refractivity contribution in [2.75, 3.05) is 25.1 Å². The van der Waals surface area contributed by atoms with Gasteiger partial charge in [-0.15, -0.1) is 0 Å². The number of rotatable bonds is 4. The highest BCUT2D eigenvalue weighted by Crippen LogP contribution is 2.30. The van der Waals surface area contributed by atoms with Crippen molar-refractivity contribution >= 4 is 11.8 Å². The predicted molar refractivity (Wildman–Crippen MR) is 77.9 cm³/mol. The van der Waals surface area contributed by atoms with E-state index < -0.39 is 12.2 Å². The summed E-state index contributed by atoms with van der Waals surface area (Å²) in [5.74, 6) is 0. The first kappa shape index (κ1) is 14.7. The topological polar surface area (TPSA) is 61.8 Å². The Kier molecular flexibility index (Phi) is 4.84. The van der Waals surface area contributed by atoms with Crippen molar-refractivity contribution in [3.8, 4) is 0 Å². The third kappa shape index (κ3) is 3.22. The van der Waals surface area contributed by atoms with Crippen LogP contribution in [0.25, 0.3) is 0 Å². The molecule has 1 aliphatic rings. The molecule has 1 saturated heterocycles. The first-order valence-electron chi connectivity index (χ1n) is 7.02. The molecule has 0 spiro atoms. The van der Waals surface area contributed by atoms with Crippen molar-refractivity contribution in [2.45, 2.75) is 31.9 Å². The Hall–Kier alpha value is -1.75. The highest BCUT2D eigenvalue weighted by Gasteiger charge is 2.26. The average molecular weight is 278 g/mol. The zero-order chi connectivity index (χ0) is 14.5. The quantitative estimate of drug-likeness (QED) is 0.885. The standard InChI is InChI=1S/C15H22N2O3/c1-3-14(18)12-6-4-5-7-13(12)17-9-8-11(10-17)16-15(19)20-2/h4-7,11,14,18H,3,8-10H2,1-2H3,(H,16,19). The van der Waals surface area contributed by atoms with Crippen LogP contribution in [0.4, 0.5) is 10.5 Å². The molecule has 0 radical (unpaired) electrons. The van der Waals surface area contributed by atoms with Gasteiger partial charge in [-0.3, -0.25) is 0 Å². The van der Waals surface area contributed by atoms with E-state index in [0.717, 1.165) is 30.8 Å². The summed E-state index contributed by atoms with van der Waals surface area (Å²) in [6.07, 6.45) is 0.734. The summed E-state index contributed by atoms with van der Waals surface area (Å²) in [6, 6.07) is 7.99. The van der Waals surface area contributed by atoms with Crippen LogP contribution in [0.3, 0.4) is 0 Å². The van der Waals surface area contributed by atoms with Crippen LogP contribution in [0.1, 0.15) is 31.4 Å². The number of amides is 1. The Morgan fingerprint density at radius 2 is 2.30 bits per heavy atom. The molecule has 0 bridgehead atoms. The first-order valence-corrected chi connectivity index (χ1v) is 7.02. The van der Waals surface area contributed by atoms with Crippen molar-refractivity contribution in [1.82, 2.24) is 5.32 Å². The number of ether oxygens (including phenoxy) is 1. The fraction of sp³-hybridized carbons (Fsp3) is 0.533. The van der Waals surface area contributed by atoms with Gasteiger partial charge >= 0.3 is 6.09 Å². The molecule has 5 nitrogen and oxygen atoms in total. The summed E-state index contributed by atoms with van der Waals surface area (Å²) in [5.41, 5.74) is 2.00. The molecule has 2 unspecified atom stereocenters. The Balaban J connectivity index is 2.08. The van der Waals surface area contributed by atoms with Crippen LogP contribution in [-0.4, -0.2) is 37.4 Å². The lowest BCUT2D eigenvalue weighted by molar-refractivity contribution is 0.167. The van der Waals surface area contributed by atoms with Gasteiger partial charge in [0.05, 0.1) is 19.3 Å². The summed E-state index contributed by atoms with van der Waals surface area (Å²) < 4.78 is 4.62. The third-order valence-corrected chi connectivity index (χ3v) is 3.72. The smallest absolute Gasteiger partial charge is 0.407 e. The van der Waals surface area contributed by atoms with Gasteiger partial charge < -0.3 is 20.1 Å². The third-order valence-electron chi connectivity index (χ3n) is 3.72. The number of aliphatic hydroxyl groups is 1. The predicted octanol–water partition coefficient (Wildman–Crippen LogP) is 2.06. The Bertz CT molecular complexity index is 464. The molecule has 0 aromatic heterocycles. The van der Waals surface area contributed by atoms with Gasteiger partial charge in [0.25, 0.3) is 0 Å². The molecule has 5 heteroatoms. The van der Waals surface area contributed by atoms with E-state index in [1.54, 1.807) is 0 Å². The minimum Gasteiger partial charge on any atom is -0.453 e. The van der Waals surface area contributed by atoms with Crippen molar-refractivity contribution in [3.05, 3.63) is 29.8 Å². The van der Waals surface area contributed by atoms with E-state index in [4.69, 9.17) is 0 Å². The Morgan fingerprint density at radius 1 is 1.55 bits per heavy atom. The molecule has 2 rings (SSSR count). The number of hydrogen-bond acceptors (Lipinski definition) is 4. The fourth-order valence-corrected chi connectivity index (χ4v) is 2.60. The molecule has 1 amide bonds. The minimum absolute atomic E-state index is 0.0919. The molecule has 2 N–H and O–H groups in total. The van der Waals surface area contributed by atoms with Crippen LogP contribution in [0, 0.1) is 0 Å². The van der Waals surface area contributed by atoms with Crippen molar-refractivity contribution < 1.29 is 14.6 Å². The number of hydrogen-bond donors (Lipinski definition) is 2. The summed E-state index contributed by atoms with van der Waals surface area (Å²) in [5, 5.41) is 12.9. The van der Waals surface area contributed by atoms with Crippen LogP contribution in [0.5, 0.6) is 0 Å². The summed E-state index contributed by atoms with van der Waals surface area (Å²) in [6.45, 7) is 3.57. The van der Waals surface area contributed by atoms with Gasteiger partial charge in [-0.1, -0.05) is 25.1 Å². The maximum Gasteiger partial charge on any atom is 0.407 e. The Labute approximate surface area is 119 Å². The number of anilines is 1. The zero-order valence-electron chi connectivity index (χ0n) is 12.0. The number of alkyl carbamates (subject to hydrolysis) is 1. The van der Waals surface area contributed by atoms with Gasteiger partial charge in [-0.05, 0) is 18.9 Å². The Morgan fingerprint density at radius 3 is 3.00 bits per heavy atom. The normalized spacial score (nSPS) is 19.8. The number of nitrogens with one attached hydrogen (secondary N) is 1. The first-order chi connectivity index (χ1) is 9.65. The number of carbonyl (C=O) groups is 1. The lowest BCUT2D eigenvalue weighted by atomic mass is 10.0. The molecule has 20 heavy (non-hydrogen) atoms. The van der Waals surface area contributed by atoms with Crippen LogP contribution < -0.4 is 10.2 Å². The molecule has 0 aliphatic carbocycles. The fourth-order valence-electron chi connectivity index (χ4n) is 2.60. The van der Waals surface area contributed by atoms with Gasteiger partial charge in [0, 0.05) is 24.3 Å². The van der Waals surface area contributed by atoms with Gasteiger partial charge in [0.2, 0.25) is 0 Å². The van der Waals surface area contributed by atoms with Crippen LogP contribution >= 0.6 is 0 Å². The molecule has 1 heterocycles. The van der Waals surface area contributed by atoms with E-state index in [1.165, 1.54) is 7.11 Å². The second kappa shape index (κ2) is 6.61. The molecule has 1 aromatic rings. The molecular weight excluding hydrogens is 256 g/mol. The second-order valence-electron chi connectivity index (χ2n) is 5.05. The lowest BCUT2D eigenvalue weighted by Crippen LogP contribution is -2.37. The average Bonchev–Trinajstić information content (AvgIpc) is 2.94. The SMILES string of the molecule is CCC(O)c1ccccc1N1CCC(NC(=O)OC)C1. The number of aliphatic hydroxyl groups excluding tert-OH is 1. The number of benzene rings is 1. The van der Waals surface area contributed by atoms with Gasteiger partial charge in [0.15, 0.2) is 0 Å². The van der Waals surface area contributed by atoms with Crippen LogP contribution in [-0.2, 0) is 4.74 Å². The van der Waals surface area contributed by atoms with Crippen molar-refractivity contribution in [2.24, 2.45) is 0 Å². The van der Waals surface area contributed by atoms with E-state index >= 15 is 0 Å². The summed E-state index contributed by atoms with van der Waals surface area (Å²) >= 11 is 0. The van der Waals surface area contributed by atoms with Gasteiger partial charge in [-0.25, -0.2) is 4.79 Å². The molecule has 1 fully saturated rings. The highest BCUT2D eigenvalue weighted by atomic mass is 16.5. The molecule has 110 valence electrons. The minimum atomic E-state index is -0.446. The number of para-hydroxylation sites is 1. The van der Waals surface area contributed by atoms with E-state index in [9.17, 15) is 9.90 Å². The van der Waals surface area contributed by atoms with E-state index in [0.29, 0.717) is 6.42 Å². The van der Waals surface area contributed by atoms with Gasteiger partial charge in [0.1, 0.15) is 0 Å². The van der Waals surface area contributed by atoms with Crippen molar-refractivity contribution in [1.29, 1.82) is 0 Å². The number of nitrogens with zero attached hydrogens (tertiary/aromatic N) is 1. The van der Waals surface area contributed by atoms with Gasteiger partial charge in [-0.2, -0.15) is 0 Å². The molecule has 2 atom stereocenters. The monoisotopic (exact) mass is 278 g/mol. The molecule has 1 aromatic carbocycles. The molecule has 1 aliphatic heterocycles. The summed E-state index contributed by atoms with van der Waals surface area (Å²) in [4.78, 5) is 13.4. The second-order valence-corrected chi connectivity index (χ2v) is 5.05. The largest absolute Gasteiger partial charge is 0.453 e. The highest BCUT2D eigenvalue weighted by molar-refractivity contribution is 5.67. The number of methoxy groups -OCH3 is 1. The maximum atomic E-state index is 11.2. The van der Waals surface area contributed by atoms with E-state index in [1.807, 2.05) is 31.2 Å². The van der Waals surface area contributed by atoms with E-state index in [-0.39, 0.29) is 6.04 Å². The molecule has 0 saturated carbocycles. The lowest BCUT2D eigenvalue weighted by Gasteiger charge is -2.24. The van der Waals surface area contributed by atoms with E-state index in [2.05, 4.69) is 15.0 Å². The molecular formula is C15H22N2O3. The zero-order valence-corrected chi connectivity index (χ0v) is 12.0. The summed E-state index contributed by atoms with van der Waals surface area (Å²) in [7, 11) is 1.37. The number of carbonyl (C=O) groups excluding carboxylic acids is 1.